The highest BCUT2D eigenvalue weighted by Gasteiger charge is 2.36. The second kappa shape index (κ2) is 6.40. The molecule has 0 heterocycles. The molecule has 108 valence electrons. The van der Waals surface area contributed by atoms with Crippen LogP contribution in [0.25, 0.3) is 0 Å². The van der Waals surface area contributed by atoms with Gasteiger partial charge in [-0.1, -0.05) is 25.7 Å². The fraction of sp³-hybridized carbons (Fsp3) is 0.867. The van der Waals surface area contributed by atoms with Crippen LogP contribution in [0.5, 0.6) is 0 Å². The Morgan fingerprint density at radius 2 is 1.53 bits per heavy atom. The highest BCUT2D eigenvalue weighted by Crippen LogP contribution is 2.32. The van der Waals surface area contributed by atoms with Crippen molar-refractivity contribution in [1.82, 2.24) is 5.32 Å². The number of carboxylic acids is 1. The first-order chi connectivity index (χ1) is 9.09. The van der Waals surface area contributed by atoms with Crippen molar-refractivity contribution >= 4 is 11.9 Å². The molecule has 4 heteroatoms. The van der Waals surface area contributed by atoms with Crippen LogP contribution in [0.3, 0.4) is 0 Å². The molecule has 1 amide bonds. The first-order valence-electron chi connectivity index (χ1n) is 7.62. The van der Waals surface area contributed by atoms with E-state index >= 15 is 0 Å². The molecule has 0 aromatic heterocycles. The molecule has 2 fully saturated rings. The van der Waals surface area contributed by atoms with Crippen molar-refractivity contribution in [3.8, 4) is 0 Å². The van der Waals surface area contributed by atoms with E-state index in [4.69, 9.17) is 0 Å². The number of hydrogen-bond acceptors (Lipinski definition) is 2. The maximum Gasteiger partial charge on any atom is 0.307 e. The van der Waals surface area contributed by atoms with Gasteiger partial charge in [-0.05, 0) is 38.5 Å². The number of carbonyl (C=O) groups excluding carboxylic acids is 1. The molecular weight excluding hydrogens is 242 g/mol. The molecule has 4 nitrogen and oxygen atoms in total. The molecule has 0 radical (unpaired) electrons. The fourth-order valence-electron chi connectivity index (χ4n) is 3.65. The van der Waals surface area contributed by atoms with Crippen molar-refractivity contribution < 1.29 is 14.7 Å². The van der Waals surface area contributed by atoms with Crippen molar-refractivity contribution in [3.63, 3.8) is 0 Å². The summed E-state index contributed by atoms with van der Waals surface area (Å²) < 4.78 is 0. The third kappa shape index (κ3) is 3.48. The first-order valence-corrected chi connectivity index (χ1v) is 7.62. The van der Waals surface area contributed by atoms with Crippen LogP contribution in [-0.4, -0.2) is 23.0 Å². The van der Waals surface area contributed by atoms with E-state index in [-0.39, 0.29) is 17.9 Å². The van der Waals surface area contributed by atoms with Gasteiger partial charge in [-0.15, -0.1) is 0 Å². The Hall–Kier alpha value is -1.06. The van der Waals surface area contributed by atoms with Gasteiger partial charge in [0.25, 0.3) is 0 Å². The quantitative estimate of drug-likeness (QED) is 0.822. The molecule has 3 atom stereocenters. The molecular formula is C15H25NO3. The SMILES string of the molecule is C[C@@H](NC(=O)[C@@H]1CCCC[C@@H]1C(=O)O)C1CCCC1. The van der Waals surface area contributed by atoms with Gasteiger partial charge in [-0.3, -0.25) is 9.59 Å². The van der Waals surface area contributed by atoms with Crippen LogP contribution >= 0.6 is 0 Å². The van der Waals surface area contributed by atoms with E-state index in [1.807, 2.05) is 0 Å². The van der Waals surface area contributed by atoms with Crippen molar-refractivity contribution in [1.29, 1.82) is 0 Å². The number of nitrogens with one attached hydrogen (secondary N) is 1. The van der Waals surface area contributed by atoms with Gasteiger partial charge in [-0.25, -0.2) is 0 Å². The van der Waals surface area contributed by atoms with E-state index in [0.717, 1.165) is 19.3 Å². The smallest absolute Gasteiger partial charge is 0.307 e. The average molecular weight is 267 g/mol. The lowest BCUT2D eigenvalue weighted by atomic mass is 9.78. The summed E-state index contributed by atoms with van der Waals surface area (Å²) >= 11 is 0. The molecule has 0 spiro atoms. The summed E-state index contributed by atoms with van der Waals surface area (Å²) in [6.07, 6.45) is 8.16. The summed E-state index contributed by atoms with van der Waals surface area (Å²) in [5, 5.41) is 12.3. The van der Waals surface area contributed by atoms with E-state index in [0.29, 0.717) is 12.3 Å². The molecule has 0 bridgehead atoms. The monoisotopic (exact) mass is 267 g/mol. The van der Waals surface area contributed by atoms with Gasteiger partial charge in [0, 0.05) is 6.04 Å². The zero-order valence-electron chi connectivity index (χ0n) is 11.7. The fourth-order valence-corrected chi connectivity index (χ4v) is 3.65. The molecule has 0 unspecified atom stereocenters. The normalized spacial score (nSPS) is 29.9. The molecule has 0 aromatic carbocycles. The van der Waals surface area contributed by atoms with Crippen LogP contribution in [0.2, 0.25) is 0 Å². The summed E-state index contributed by atoms with van der Waals surface area (Å²) in [5.41, 5.74) is 0. The zero-order valence-corrected chi connectivity index (χ0v) is 11.7. The lowest BCUT2D eigenvalue weighted by molar-refractivity contribution is -0.149. The summed E-state index contributed by atoms with van der Waals surface area (Å²) in [7, 11) is 0. The molecule has 2 rings (SSSR count). The molecule has 2 saturated carbocycles. The van der Waals surface area contributed by atoms with E-state index in [1.165, 1.54) is 25.7 Å². The molecule has 19 heavy (non-hydrogen) atoms. The molecule has 0 saturated heterocycles. The Balaban J connectivity index is 1.91. The second-order valence-corrected chi connectivity index (χ2v) is 6.18. The number of carbonyl (C=O) groups is 2. The van der Waals surface area contributed by atoms with Gasteiger partial charge in [-0.2, -0.15) is 0 Å². The van der Waals surface area contributed by atoms with Crippen LogP contribution in [0.1, 0.15) is 58.3 Å². The van der Waals surface area contributed by atoms with E-state index in [9.17, 15) is 14.7 Å². The highest BCUT2D eigenvalue weighted by atomic mass is 16.4. The largest absolute Gasteiger partial charge is 0.481 e. The van der Waals surface area contributed by atoms with Crippen LogP contribution < -0.4 is 5.32 Å². The molecule has 2 N–H and O–H groups in total. The number of rotatable bonds is 4. The third-order valence-electron chi connectivity index (χ3n) is 4.90. The first kappa shape index (κ1) is 14.4. The maximum absolute atomic E-state index is 12.3. The maximum atomic E-state index is 12.3. The van der Waals surface area contributed by atoms with Crippen molar-refractivity contribution in [2.75, 3.05) is 0 Å². The minimum Gasteiger partial charge on any atom is -0.481 e. The Morgan fingerprint density at radius 3 is 2.11 bits per heavy atom. The summed E-state index contributed by atoms with van der Waals surface area (Å²) in [4.78, 5) is 23.5. The third-order valence-corrected chi connectivity index (χ3v) is 4.90. The molecule has 0 aromatic rings. The molecule has 2 aliphatic carbocycles. The summed E-state index contributed by atoms with van der Waals surface area (Å²) in [5.74, 6) is -1.07. The summed E-state index contributed by atoms with van der Waals surface area (Å²) in [6.45, 7) is 2.06. The standard InChI is InChI=1S/C15H25NO3/c1-10(11-6-2-3-7-11)16-14(17)12-8-4-5-9-13(12)15(18)19/h10-13H,2-9H2,1H3,(H,16,17)(H,18,19)/t10-,12-,13+/m1/s1. The highest BCUT2D eigenvalue weighted by molar-refractivity contribution is 5.85. The Kier molecular flexibility index (Phi) is 4.83. The van der Waals surface area contributed by atoms with Crippen LogP contribution in [0.15, 0.2) is 0 Å². The lowest BCUT2D eigenvalue weighted by Gasteiger charge is -2.30. The van der Waals surface area contributed by atoms with Crippen LogP contribution in [0.4, 0.5) is 0 Å². The molecule has 0 aliphatic heterocycles. The van der Waals surface area contributed by atoms with E-state index in [1.54, 1.807) is 0 Å². The molecule has 2 aliphatic rings. The minimum absolute atomic E-state index is 0.0356. The van der Waals surface area contributed by atoms with E-state index in [2.05, 4.69) is 12.2 Å². The van der Waals surface area contributed by atoms with Gasteiger partial charge >= 0.3 is 5.97 Å². The lowest BCUT2D eigenvalue weighted by Crippen LogP contribution is -2.45. The number of hydrogen-bond donors (Lipinski definition) is 2. The van der Waals surface area contributed by atoms with Gasteiger partial charge in [0.05, 0.1) is 11.8 Å². The topological polar surface area (TPSA) is 66.4 Å². The minimum atomic E-state index is -0.812. The number of aliphatic carboxylic acids is 1. The van der Waals surface area contributed by atoms with Crippen LogP contribution in [-0.2, 0) is 9.59 Å². The van der Waals surface area contributed by atoms with Gasteiger partial charge in [0.1, 0.15) is 0 Å². The van der Waals surface area contributed by atoms with Crippen molar-refractivity contribution in [3.05, 3.63) is 0 Å². The zero-order chi connectivity index (χ0) is 13.8. The van der Waals surface area contributed by atoms with Crippen molar-refractivity contribution in [2.45, 2.75) is 64.3 Å². The van der Waals surface area contributed by atoms with Gasteiger partial charge < -0.3 is 10.4 Å². The predicted octanol–water partition coefficient (Wildman–Crippen LogP) is 2.57. The Morgan fingerprint density at radius 1 is 1.00 bits per heavy atom. The Bertz CT molecular complexity index is 336. The number of amides is 1. The number of carboxylic acid groups (broad SMARTS) is 1. The van der Waals surface area contributed by atoms with Crippen molar-refractivity contribution in [2.24, 2.45) is 17.8 Å². The van der Waals surface area contributed by atoms with E-state index < -0.39 is 11.9 Å². The van der Waals surface area contributed by atoms with Gasteiger partial charge in [0.15, 0.2) is 0 Å². The Labute approximate surface area is 115 Å². The second-order valence-electron chi connectivity index (χ2n) is 6.18. The summed E-state index contributed by atoms with van der Waals surface area (Å²) in [6, 6.07) is 0.186. The van der Waals surface area contributed by atoms with Gasteiger partial charge in [0.2, 0.25) is 5.91 Å². The predicted molar refractivity (Wildman–Crippen MR) is 72.6 cm³/mol. The average Bonchev–Trinajstić information content (AvgIpc) is 2.92. The van der Waals surface area contributed by atoms with Crippen LogP contribution in [0, 0.1) is 17.8 Å².